The van der Waals surface area contributed by atoms with Crippen LogP contribution in [0.1, 0.15) is 80.8 Å². The number of rotatable bonds is 11. The number of halogens is 10. The summed E-state index contributed by atoms with van der Waals surface area (Å²) >= 11 is 36.2. The zero-order valence-corrected chi connectivity index (χ0v) is 52.3. The van der Waals surface area contributed by atoms with Crippen molar-refractivity contribution in [3.63, 3.8) is 0 Å². The molecule has 3 aliphatic heterocycles. The van der Waals surface area contributed by atoms with Crippen molar-refractivity contribution >= 4 is 96.6 Å². The van der Waals surface area contributed by atoms with E-state index in [0.717, 1.165) is 126 Å². The number of benzene rings is 8. The van der Waals surface area contributed by atoms with E-state index in [4.69, 9.17) is 79.4 Å². The molecule has 3 aliphatic rings. The highest BCUT2D eigenvalue weighted by Gasteiger charge is 2.32. The fraction of sp³-hybridized carbons (Fsp3) is 0.284. The monoisotopic (exact) mass is 1320 g/mol. The second kappa shape index (κ2) is 34.9. The maximum absolute atomic E-state index is 13.4. The Morgan fingerprint density at radius 2 is 0.674 bits per heavy atom. The Morgan fingerprint density at radius 3 is 0.977 bits per heavy atom. The molecule has 5 N–H and O–H groups in total. The van der Waals surface area contributed by atoms with Gasteiger partial charge in [0.1, 0.15) is 11.5 Å². The Bertz CT molecular complexity index is 3180. The number of aliphatic hydroxyl groups is 2. The van der Waals surface area contributed by atoms with Gasteiger partial charge >= 0.3 is 0 Å². The highest BCUT2D eigenvalue weighted by molar-refractivity contribution is 6.92. The number of hydrogen-bond acceptors (Lipinski definition) is 7. The van der Waals surface area contributed by atoms with E-state index in [2.05, 4.69) is 51.1 Å². The Morgan fingerprint density at radius 1 is 0.384 bits per heavy atom. The molecule has 7 atom stereocenters. The van der Waals surface area contributed by atoms with Crippen LogP contribution in [0.4, 0.5) is 34.6 Å². The van der Waals surface area contributed by atoms with E-state index in [1.807, 2.05) is 109 Å². The molecule has 86 heavy (non-hydrogen) atoms. The summed E-state index contributed by atoms with van der Waals surface area (Å²) in [6.45, 7) is 3.38. The normalized spacial score (nSPS) is 18.8. The number of nitrogens with zero attached hydrogens (tertiary/aromatic N) is 3. The molecule has 460 valence electrons. The van der Waals surface area contributed by atoms with Gasteiger partial charge in [-0.3, -0.25) is 0 Å². The van der Waals surface area contributed by atoms with Crippen LogP contribution in [0.2, 0.25) is 30.1 Å². The van der Waals surface area contributed by atoms with Gasteiger partial charge < -0.3 is 40.2 Å². The molecule has 0 amide bonds. The second-order valence-electron chi connectivity index (χ2n) is 20.8. The average Bonchev–Trinajstić information content (AvgIpc) is 1.31. The Labute approximate surface area is 535 Å². The molecule has 8 aromatic carbocycles. The zero-order valence-electron chi connectivity index (χ0n) is 46.3. The summed E-state index contributed by atoms with van der Waals surface area (Å²) in [5.74, 6) is -2.80. The predicted octanol–water partition coefficient (Wildman–Crippen LogP) is 18.7. The smallest absolute Gasteiger partial charge is 0.162 e. The molecule has 0 saturated carbocycles. The first-order chi connectivity index (χ1) is 40.0. The minimum atomic E-state index is -1.03. The van der Waals surface area contributed by atoms with Crippen molar-refractivity contribution in [2.24, 2.45) is 17.8 Å². The van der Waals surface area contributed by atoms with E-state index >= 15 is 0 Å². The molecular weight excluding hydrogens is 1250 g/mol. The first kappa shape index (κ1) is 71.3. The van der Waals surface area contributed by atoms with Crippen LogP contribution in [0, 0.1) is 41.0 Å². The van der Waals surface area contributed by atoms with Crippen LogP contribution in [0.15, 0.2) is 182 Å². The number of hydrogen-bond donors (Lipinski definition) is 3. The van der Waals surface area contributed by atoms with E-state index in [0.29, 0.717) is 46.3 Å². The first-order valence-electron chi connectivity index (χ1n) is 27.3. The van der Waals surface area contributed by atoms with Crippen LogP contribution >= 0.6 is 79.5 Å². The fourth-order valence-electron chi connectivity index (χ4n) is 10.7. The molecule has 0 radical (unpaired) electrons. The fourth-order valence-corrected chi connectivity index (χ4v) is 11.4. The summed E-state index contributed by atoms with van der Waals surface area (Å²) < 4.78 is 56.4. The Hall–Kier alpha value is -5.47. The van der Waals surface area contributed by atoms with E-state index in [9.17, 15) is 27.8 Å². The third-order valence-corrected chi connectivity index (χ3v) is 16.6. The van der Waals surface area contributed by atoms with Crippen molar-refractivity contribution in [1.82, 2.24) is 0 Å². The van der Waals surface area contributed by atoms with Crippen LogP contribution in [0.25, 0.3) is 0 Å². The molecule has 19 heteroatoms. The molecule has 8 aromatic rings. The maximum Gasteiger partial charge on any atom is 0.162 e. The molecule has 0 aliphatic carbocycles. The summed E-state index contributed by atoms with van der Waals surface area (Å²) in [6, 6.07) is 54.9. The Balaban J connectivity index is 0.000000218. The van der Waals surface area contributed by atoms with Crippen molar-refractivity contribution < 1.29 is 43.1 Å². The number of piperidine rings is 3. The van der Waals surface area contributed by atoms with Crippen molar-refractivity contribution in [2.75, 3.05) is 54.2 Å². The van der Waals surface area contributed by atoms with Crippen LogP contribution < -0.4 is 19.4 Å². The molecular formula is C67H72Cl6F4N3O5P. The molecule has 3 saturated heterocycles. The summed E-state index contributed by atoms with van der Waals surface area (Å²) in [5, 5.41) is 32.0. The van der Waals surface area contributed by atoms with Crippen LogP contribution in [0.3, 0.4) is 0 Å². The highest BCUT2D eigenvalue weighted by atomic mass is 35.5. The van der Waals surface area contributed by atoms with E-state index in [1.165, 1.54) is 22.8 Å². The number of ether oxygens (including phenoxy) is 1. The van der Waals surface area contributed by atoms with Gasteiger partial charge in [0.25, 0.3) is 0 Å². The van der Waals surface area contributed by atoms with E-state index < -0.39 is 23.3 Å². The molecule has 0 aromatic heterocycles. The summed E-state index contributed by atoms with van der Waals surface area (Å²) in [7, 11) is 0. The van der Waals surface area contributed by atoms with Gasteiger partial charge in [0, 0.05) is 98.1 Å². The summed E-state index contributed by atoms with van der Waals surface area (Å²) in [5.41, 5.74) is 7.09. The van der Waals surface area contributed by atoms with Gasteiger partial charge in [-0.15, -0.1) is 0 Å². The zero-order chi connectivity index (χ0) is 59.0. The lowest BCUT2D eigenvalue weighted by molar-refractivity contribution is 0.198. The molecule has 3 heterocycles. The van der Waals surface area contributed by atoms with E-state index in [1.54, 1.807) is 0 Å². The Kier molecular flexibility index (Phi) is 28.9. The predicted molar refractivity (Wildman–Crippen MR) is 353 cm³/mol. The van der Waals surface area contributed by atoms with Gasteiger partial charge in [-0.25, -0.2) is 17.6 Å². The minimum absolute atomic E-state index is 0. The third kappa shape index (κ3) is 20.3. The van der Waals surface area contributed by atoms with Crippen LogP contribution in [-0.4, -0.2) is 60.3 Å². The number of phenols is 1. The van der Waals surface area contributed by atoms with Gasteiger partial charge in [0.05, 0.1) is 24.7 Å². The van der Waals surface area contributed by atoms with Gasteiger partial charge in [0.2, 0.25) is 0 Å². The second-order valence-corrected chi connectivity index (χ2v) is 23.4. The number of aromatic hydroxyl groups is 1. The van der Waals surface area contributed by atoms with Crippen molar-refractivity contribution in [3.8, 4) is 11.5 Å². The van der Waals surface area contributed by atoms with Gasteiger partial charge in [0.15, 0.2) is 23.3 Å². The molecule has 1 unspecified atom stereocenters. The summed E-state index contributed by atoms with van der Waals surface area (Å²) in [6.07, 6.45) is 6.02. The quantitative estimate of drug-likeness (QED) is 0.0874. The topological polar surface area (TPSA) is 111 Å². The number of phenolic OH excluding ortho intramolecular Hbond substituents is 1. The number of anilines is 3. The molecule has 0 bridgehead atoms. The minimum Gasteiger partial charge on any atom is -0.508 e. The number of aliphatic hydroxyl groups excluding tert-OH is 2. The van der Waals surface area contributed by atoms with Crippen LogP contribution in [0.5, 0.6) is 11.5 Å². The first-order valence-corrected chi connectivity index (χ1v) is 29.6. The highest BCUT2D eigenvalue weighted by Crippen LogP contribution is 2.41. The third-order valence-electron chi connectivity index (χ3n) is 15.1. The maximum atomic E-state index is 13.4. The SMILES string of the molecule is C.Fc1ccc(OC[C@@H]2CC[C@@H](c3ccc(Cl)cc3)N(c3ccc(Cl)cc3)C2)cc1F.O.OC[C@@H]1CC[C@@H](c2ccc(Cl)cc2)N(c2ccc(Cl)cc2)C1.OC[C@H]1CC[C@@H](c2ccc(Cl)cc2)N(c2ccc(Cl)cc2)C1.Oc1ccc(F)c(F)c1.P. The van der Waals surface area contributed by atoms with Gasteiger partial charge in [-0.2, -0.15) is 9.90 Å². The van der Waals surface area contributed by atoms with Crippen LogP contribution in [-0.2, 0) is 0 Å². The molecule has 0 spiro atoms. The molecule has 8 nitrogen and oxygen atoms in total. The largest absolute Gasteiger partial charge is 0.508 e. The van der Waals surface area contributed by atoms with Crippen molar-refractivity contribution in [2.45, 2.75) is 64.1 Å². The summed E-state index contributed by atoms with van der Waals surface area (Å²) in [4.78, 5) is 7.08. The van der Waals surface area contributed by atoms with Crippen molar-refractivity contribution in [1.29, 1.82) is 0 Å². The molecule has 11 rings (SSSR count). The van der Waals surface area contributed by atoms with Gasteiger partial charge in [-0.1, -0.05) is 113 Å². The lowest BCUT2D eigenvalue weighted by Crippen LogP contribution is -2.40. The standard InChI is InChI=1S/C24H21Cl2F2NO.2C18H19Cl2NO.C6H4F2O.CH4.H2O.H3P/c25-18-4-2-17(3-5-18)24-12-1-16(14-29(24)20-8-6-19(26)7-9-20)15-30-21-10-11-22(27)23(28)13-21;2*19-15-4-2-14(3-5-15)18-10-1-13(12-22)11-21(18)17-8-6-16(20)7-9-17;7-5-2-1-4(9)3-6(5)8;;;/h2-11,13,16,24H,1,12,14-15H2;2*2-9,13,18,22H,1,10-12H2;1-3,9H;1H4;1H2;1H3/t16-,24+;13-,18+;13-,18-;;;;/m110..../s1. The lowest BCUT2D eigenvalue weighted by atomic mass is 9.89. The molecule has 3 fully saturated rings. The average molecular weight is 1320 g/mol. The van der Waals surface area contributed by atoms with E-state index in [-0.39, 0.29) is 53.7 Å². The van der Waals surface area contributed by atoms with Crippen molar-refractivity contribution in [3.05, 3.63) is 252 Å². The van der Waals surface area contributed by atoms with Gasteiger partial charge in [-0.05, 0) is 201 Å². The lowest BCUT2D eigenvalue weighted by Gasteiger charge is -2.41.